The van der Waals surface area contributed by atoms with Crippen LogP contribution in [0.15, 0.2) is 42.5 Å². The van der Waals surface area contributed by atoms with Crippen LogP contribution in [-0.4, -0.2) is 19.1 Å². The largest absolute Gasteiger partial charge is 0.493 e. The van der Waals surface area contributed by atoms with Crippen LogP contribution in [0, 0.1) is 5.82 Å². The molecule has 1 atom stereocenters. The van der Waals surface area contributed by atoms with Crippen LogP contribution in [0.4, 0.5) is 4.39 Å². The molecular formula is C17H15ClFNO3. The molecule has 4 nitrogen and oxygen atoms in total. The first kappa shape index (κ1) is 15.6. The summed E-state index contributed by atoms with van der Waals surface area (Å²) in [7, 11) is 0. The Morgan fingerprint density at radius 1 is 1.35 bits per heavy atom. The number of hydrogen-bond acceptors (Lipinski definition) is 3. The number of carbonyl (C=O) groups excluding carboxylic acids is 1. The van der Waals surface area contributed by atoms with Crippen molar-refractivity contribution in [2.75, 3.05) is 13.2 Å². The maximum Gasteiger partial charge on any atom is 0.258 e. The van der Waals surface area contributed by atoms with Crippen molar-refractivity contribution in [3.05, 3.63) is 58.9 Å². The molecule has 0 radical (unpaired) electrons. The molecule has 1 amide bonds. The average Bonchev–Trinajstić information content (AvgIpc) is 2.54. The van der Waals surface area contributed by atoms with E-state index in [1.807, 2.05) is 24.3 Å². The van der Waals surface area contributed by atoms with Gasteiger partial charge in [0.05, 0.1) is 17.7 Å². The smallest absolute Gasteiger partial charge is 0.258 e. The van der Waals surface area contributed by atoms with E-state index in [9.17, 15) is 9.18 Å². The van der Waals surface area contributed by atoms with Crippen molar-refractivity contribution in [3.63, 3.8) is 0 Å². The van der Waals surface area contributed by atoms with Gasteiger partial charge >= 0.3 is 0 Å². The van der Waals surface area contributed by atoms with Gasteiger partial charge in [-0.2, -0.15) is 0 Å². The number of ether oxygens (including phenoxy) is 2. The molecule has 0 aromatic heterocycles. The van der Waals surface area contributed by atoms with Crippen LogP contribution in [0.3, 0.4) is 0 Å². The SMILES string of the molecule is O=C(COc1ccc(F)cc1Cl)N[C@H]1CCOc2ccccc21. The zero-order valence-corrected chi connectivity index (χ0v) is 13.0. The van der Waals surface area contributed by atoms with Crippen LogP contribution in [0.2, 0.25) is 5.02 Å². The fraction of sp³-hybridized carbons (Fsp3) is 0.235. The van der Waals surface area contributed by atoms with Gasteiger partial charge in [-0.25, -0.2) is 4.39 Å². The lowest BCUT2D eigenvalue weighted by Crippen LogP contribution is -2.35. The minimum atomic E-state index is -0.453. The summed E-state index contributed by atoms with van der Waals surface area (Å²) in [5.74, 6) is 0.333. The first-order valence-corrected chi connectivity index (χ1v) is 7.60. The Kier molecular flexibility index (Phi) is 4.67. The predicted molar refractivity (Wildman–Crippen MR) is 84.3 cm³/mol. The number of hydrogen-bond donors (Lipinski definition) is 1. The maximum absolute atomic E-state index is 13.0. The molecule has 1 aliphatic rings. The highest BCUT2D eigenvalue weighted by atomic mass is 35.5. The molecule has 0 spiro atoms. The molecule has 0 unspecified atom stereocenters. The molecule has 1 aliphatic heterocycles. The Balaban J connectivity index is 1.60. The van der Waals surface area contributed by atoms with Gasteiger partial charge < -0.3 is 14.8 Å². The number of amides is 1. The Hall–Kier alpha value is -2.27. The van der Waals surface area contributed by atoms with Gasteiger partial charge in [-0.1, -0.05) is 29.8 Å². The van der Waals surface area contributed by atoms with Crippen LogP contribution >= 0.6 is 11.6 Å². The monoisotopic (exact) mass is 335 g/mol. The van der Waals surface area contributed by atoms with E-state index in [4.69, 9.17) is 21.1 Å². The highest BCUT2D eigenvalue weighted by Gasteiger charge is 2.22. The number of halogens is 2. The van der Waals surface area contributed by atoms with E-state index in [-0.39, 0.29) is 29.3 Å². The minimum Gasteiger partial charge on any atom is -0.493 e. The van der Waals surface area contributed by atoms with Crippen molar-refractivity contribution in [2.45, 2.75) is 12.5 Å². The second-order valence-corrected chi connectivity index (χ2v) is 5.57. The fourth-order valence-corrected chi connectivity index (χ4v) is 2.69. The van der Waals surface area contributed by atoms with Gasteiger partial charge in [-0.3, -0.25) is 4.79 Å². The molecule has 0 fully saturated rings. The molecule has 0 saturated heterocycles. The number of benzene rings is 2. The molecule has 6 heteroatoms. The van der Waals surface area contributed by atoms with Crippen molar-refractivity contribution in [3.8, 4) is 11.5 Å². The van der Waals surface area contributed by atoms with Gasteiger partial charge in [0.15, 0.2) is 6.61 Å². The van der Waals surface area contributed by atoms with Crippen molar-refractivity contribution < 1.29 is 18.7 Å². The summed E-state index contributed by atoms with van der Waals surface area (Å²) in [5.41, 5.74) is 0.951. The minimum absolute atomic E-state index is 0.111. The lowest BCUT2D eigenvalue weighted by Gasteiger charge is -2.26. The van der Waals surface area contributed by atoms with E-state index in [2.05, 4.69) is 5.32 Å². The van der Waals surface area contributed by atoms with Crippen LogP contribution in [0.5, 0.6) is 11.5 Å². The Morgan fingerprint density at radius 3 is 3.00 bits per heavy atom. The van der Waals surface area contributed by atoms with E-state index in [1.165, 1.54) is 12.1 Å². The molecule has 23 heavy (non-hydrogen) atoms. The van der Waals surface area contributed by atoms with E-state index in [0.717, 1.165) is 17.4 Å². The van der Waals surface area contributed by atoms with Crippen LogP contribution in [-0.2, 0) is 4.79 Å². The van der Waals surface area contributed by atoms with E-state index in [0.29, 0.717) is 13.0 Å². The summed E-state index contributed by atoms with van der Waals surface area (Å²) in [6.07, 6.45) is 0.695. The molecule has 0 saturated carbocycles. The summed E-state index contributed by atoms with van der Waals surface area (Å²) in [5, 5.41) is 3.05. The highest BCUT2D eigenvalue weighted by molar-refractivity contribution is 6.32. The standard InChI is InChI=1S/C17H15ClFNO3/c18-13-9-11(19)5-6-16(13)23-10-17(21)20-14-7-8-22-15-4-2-1-3-12(14)15/h1-6,9,14H,7-8,10H2,(H,20,21)/t14-/m0/s1. The molecule has 2 aromatic carbocycles. The van der Waals surface area contributed by atoms with E-state index < -0.39 is 5.82 Å². The topological polar surface area (TPSA) is 47.6 Å². The average molecular weight is 336 g/mol. The van der Waals surface area contributed by atoms with Crippen LogP contribution in [0.25, 0.3) is 0 Å². The quantitative estimate of drug-likeness (QED) is 0.930. The molecule has 0 bridgehead atoms. The lowest BCUT2D eigenvalue weighted by molar-refractivity contribution is -0.124. The molecule has 1 N–H and O–H groups in total. The molecule has 2 aromatic rings. The van der Waals surface area contributed by atoms with Gasteiger partial charge in [-0.15, -0.1) is 0 Å². The Bertz CT molecular complexity index is 723. The third-order valence-electron chi connectivity index (χ3n) is 3.55. The second kappa shape index (κ2) is 6.87. The van der Waals surface area contributed by atoms with E-state index in [1.54, 1.807) is 0 Å². The molecular weight excluding hydrogens is 321 g/mol. The fourth-order valence-electron chi connectivity index (χ4n) is 2.46. The van der Waals surface area contributed by atoms with Crippen molar-refractivity contribution in [1.29, 1.82) is 0 Å². The van der Waals surface area contributed by atoms with Gasteiger partial charge in [0.25, 0.3) is 5.91 Å². The predicted octanol–water partition coefficient (Wildman–Crippen LogP) is 3.50. The third kappa shape index (κ3) is 3.74. The first-order valence-electron chi connectivity index (χ1n) is 7.22. The summed E-state index contributed by atoms with van der Waals surface area (Å²) in [4.78, 5) is 12.1. The van der Waals surface area contributed by atoms with Gasteiger partial charge in [-0.05, 0) is 24.3 Å². The second-order valence-electron chi connectivity index (χ2n) is 5.16. The third-order valence-corrected chi connectivity index (χ3v) is 3.84. The molecule has 0 aliphatic carbocycles. The zero-order chi connectivity index (χ0) is 16.2. The number of nitrogens with one attached hydrogen (secondary N) is 1. The van der Waals surface area contributed by atoms with Crippen molar-refractivity contribution in [2.24, 2.45) is 0 Å². The number of rotatable bonds is 4. The van der Waals surface area contributed by atoms with Crippen molar-refractivity contribution >= 4 is 17.5 Å². The van der Waals surface area contributed by atoms with Crippen LogP contribution < -0.4 is 14.8 Å². The summed E-state index contributed by atoms with van der Waals surface area (Å²) in [6, 6.07) is 11.3. The lowest BCUT2D eigenvalue weighted by atomic mass is 10.0. The number of carbonyl (C=O) groups is 1. The first-order chi connectivity index (χ1) is 11.1. The normalized spacial score (nSPS) is 16.2. The zero-order valence-electron chi connectivity index (χ0n) is 12.2. The molecule has 3 rings (SSSR count). The Morgan fingerprint density at radius 2 is 2.17 bits per heavy atom. The van der Waals surface area contributed by atoms with Gasteiger partial charge in [0, 0.05) is 12.0 Å². The van der Waals surface area contributed by atoms with Crippen LogP contribution in [0.1, 0.15) is 18.0 Å². The van der Waals surface area contributed by atoms with E-state index >= 15 is 0 Å². The Labute approximate surface area is 138 Å². The van der Waals surface area contributed by atoms with Gasteiger partial charge in [0.1, 0.15) is 17.3 Å². The maximum atomic E-state index is 13.0. The number of fused-ring (bicyclic) bond motifs is 1. The number of para-hydroxylation sites is 1. The summed E-state index contributed by atoms with van der Waals surface area (Å²) >= 11 is 5.86. The van der Waals surface area contributed by atoms with Gasteiger partial charge in [0.2, 0.25) is 0 Å². The summed E-state index contributed by atoms with van der Waals surface area (Å²) < 4.78 is 23.9. The molecule has 1 heterocycles. The highest BCUT2D eigenvalue weighted by Crippen LogP contribution is 2.31. The summed E-state index contributed by atoms with van der Waals surface area (Å²) in [6.45, 7) is 0.359. The van der Waals surface area contributed by atoms with Crippen molar-refractivity contribution in [1.82, 2.24) is 5.32 Å². The molecule has 120 valence electrons.